The summed E-state index contributed by atoms with van der Waals surface area (Å²) in [6.07, 6.45) is 0. The van der Waals surface area contributed by atoms with Gasteiger partial charge in [-0.15, -0.1) is 0 Å². The first-order valence-electron chi connectivity index (χ1n) is 17.5. The Kier molecular flexibility index (Phi) is 6.02. The first-order chi connectivity index (χ1) is 26.2. The predicted molar refractivity (Wildman–Crippen MR) is 215 cm³/mol. The van der Waals surface area contributed by atoms with Crippen LogP contribution in [0.25, 0.3) is 98.8 Å². The van der Waals surface area contributed by atoms with E-state index in [4.69, 9.17) is 4.42 Å². The number of furan rings is 1. The first-order valence-corrected chi connectivity index (χ1v) is 17.5. The third kappa shape index (κ3) is 4.11. The van der Waals surface area contributed by atoms with E-state index in [1.807, 2.05) is 48.5 Å². The maximum Gasteiger partial charge on any atom is 0.137 e. The second-order valence-corrected chi connectivity index (χ2v) is 13.5. The van der Waals surface area contributed by atoms with Gasteiger partial charge in [-0.25, -0.2) is 0 Å². The van der Waals surface area contributed by atoms with Crippen LogP contribution in [0.5, 0.6) is 0 Å². The molecule has 0 N–H and O–H groups in total. The number of hydrogen-bond acceptors (Lipinski definition) is 3. The quantitative estimate of drug-likeness (QED) is 0.187. The Balaban J connectivity index is 1.21. The third-order valence-electron chi connectivity index (χ3n) is 10.8. The lowest BCUT2D eigenvalue weighted by atomic mass is 10.0. The molecule has 0 atom stereocenters. The molecule has 5 nitrogen and oxygen atoms in total. The third-order valence-corrected chi connectivity index (χ3v) is 10.8. The van der Waals surface area contributed by atoms with Gasteiger partial charge in [0, 0.05) is 38.4 Å². The monoisotopic (exact) mass is 674 g/mol. The maximum absolute atomic E-state index is 10.9. The Morgan fingerprint density at radius 2 is 1.04 bits per heavy atom. The highest BCUT2D eigenvalue weighted by atomic mass is 16.3. The number of nitrogens with zero attached hydrogens (tertiary/aromatic N) is 4. The highest BCUT2D eigenvalue weighted by Crippen LogP contribution is 2.42. The van der Waals surface area contributed by atoms with Crippen LogP contribution >= 0.6 is 0 Å². The van der Waals surface area contributed by atoms with Gasteiger partial charge in [0.15, 0.2) is 0 Å². The van der Waals surface area contributed by atoms with Gasteiger partial charge in [-0.3, -0.25) is 0 Å². The fourth-order valence-electron chi connectivity index (χ4n) is 8.43. The van der Waals surface area contributed by atoms with Gasteiger partial charge in [-0.05, 0) is 70.4 Å². The minimum absolute atomic E-state index is 0.461. The molecule has 0 saturated heterocycles. The number of nitriles is 2. The zero-order valence-electron chi connectivity index (χ0n) is 28.2. The molecule has 0 amide bonds. The SMILES string of the molecule is N#Cc1cc(-n2c3ccc(-c4ccccc4)cc3c3c4ccccc4ccc32)c(C#N)cc1-n1c2ccccc2c2cc3c(cc21)oc1ccccc13. The van der Waals surface area contributed by atoms with E-state index in [0.717, 1.165) is 87.4 Å². The molecule has 0 saturated carbocycles. The summed E-state index contributed by atoms with van der Waals surface area (Å²) >= 11 is 0. The molecule has 0 radical (unpaired) electrons. The first kappa shape index (κ1) is 29.2. The Labute approximate surface area is 303 Å². The maximum atomic E-state index is 10.9. The number of benzene rings is 8. The molecule has 3 aromatic heterocycles. The number of fused-ring (bicyclic) bond motifs is 11. The summed E-state index contributed by atoms with van der Waals surface area (Å²) in [7, 11) is 0. The number of rotatable bonds is 3. The van der Waals surface area contributed by atoms with Crippen molar-refractivity contribution in [1.82, 2.24) is 9.13 Å². The summed E-state index contributed by atoms with van der Waals surface area (Å²) < 4.78 is 10.6. The van der Waals surface area contributed by atoms with E-state index in [1.165, 1.54) is 0 Å². The van der Waals surface area contributed by atoms with Crippen molar-refractivity contribution in [3.05, 3.63) is 169 Å². The normalized spacial score (nSPS) is 11.7. The smallest absolute Gasteiger partial charge is 0.137 e. The Morgan fingerprint density at radius 3 is 1.83 bits per heavy atom. The van der Waals surface area contributed by atoms with E-state index < -0.39 is 0 Å². The molecule has 244 valence electrons. The van der Waals surface area contributed by atoms with Crippen molar-refractivity contribution >= 4 is 76.3 Å². The van der Waals surface area contributed by atoms with E-state index >= 15 is 0 Å². The summed E-state index contributed by atoms with van der Waals surface area (Å²) in [6, 6.07) is 58.9. The summed E-state index contributed by atoms with van der Waals surface area (Å²) in [5.41, 5.74) is 9.88. The Morgan fingerprint density at radius 1 is 0.396 bits per heavy atom. The van der Waals surface area contributed by atoms with Crippen molar-refractivity contribution in [3.8, 4) is 34.6 Å². The average molecular weight is 675 g/mol. The zero-order chi connectivity index (χ0) is 35.2. The molecule has 0 aliphatic heterocycles. The topological polar surface area (TPSA) is 70.6 Å². The Hall–Kier alpha value is -7.60. The van der Waals surface area contributed by atoms with Crippen LogP contribution < -0.4 is 0 Å². The Bertz CT molecular complexity index is 3420. The molecule has 0 aliphatic carbocycles. The molecule has 53 heavy (non-hydrogen) atoms. The number of para-hydroxylation sites is 2. The van der Waals surface area contributed by atoms with Crippen molar-refractivity contribution in [3.63, 3.8) is 0 Å². The van der Waals surface area contributed by atoms with Crippen LogP contribution in [0.15, 0.2) is 162 Å². The molecule has 3 heterocycles. The average Bonchev–Trinajstić information content (AvgIpc) is 3.86. The van der Waals surface area contributed by atoms with Crippen LogP contribution in [0.4, 0.5) is 0 Å². The van der Waals surface area contributed by atoms with E-state index in [9.17, 15) is 10.5 Å². The summed E-state index contributed by atoms with van der Waals surface area (Å²) in [5, 5.41) is 30.4. The fourth-order valence-corrected chi connectivity index (χ4v) is 8.43. The summed E-state index contributed by atoms with van der Waals surface area (Å²) in [6.45, 7) is 0. The van der Waals surface area contributed by atoms with Crippen molar-refractivity contribution in [2.75, 3.05) is 0 Å². The fraction of sp³-hybridized carbons (Fsp3) is 0. The van der Waals surface area contributed by atoms with Gasteiger partial charge in [-0.2, -0.15) is 10.5 Å². The van der Waals surface area contributed by atoms with E-state index in [-0.39, 0.29) is 0 Å². The van der Waals surface area contributed by atoms with Crippen LogP contribution in [0.1, 0.15) is 11.1 Å². The summed E-state index contributed by atoms with van der Waals surface area (Å²) in [4.78, 5) is 0. The molecular formula is C48H26N4O. The van der Waals surface area contributed by atoms with Gasteiger partial charge >= 0.3 is 0 Å². The minimum atomic E-state index is 0.461. The lowest BCUT2D eigenvalue weighted by molar-refractivity contribution is 0.669. The molecule has 0 unspecified atom stereocenters. The number of hydrogen-bond donors (Lipinski definition) is 0. The number of aromatic nitrogens is 2. The molecule has 5 heteroatoms. The molecular weight excluding hydrogens is 649 g/mol. The van der Waals surface area contributed by atoms with Gasteiger partial charge in [0.25, 0.3) is 0 Å². The molecule has 8 aromatic carbocycles. The van der Waals surface area contributed by atoms with Gasteiger partial charge in [-0.1, -0.05) is 103 Å². The van der Waals surface area contributed by atoms with Crippen LogP contribution in [0, 0.1) is 22.7 Å². The molecule has 11 aromatic rings. The second kappa shape index (κ2) is 10.9. The van der Waals surface area contributed by atoms with Gasteiger partial charge < -0.3 is 13.6 Å². The van der Waals surface area contributed by atoms with Crippen molar-refractivity contribution in [2.24, 2.45) is 0 Å². The molecule has 11 rings (SSSR count). The molecule has 0 fully saturated rings. The van der Waals surface area contributed by atoms with Crippen LogP contribution in [0.3, 0.4) is 0 Å². The zero-order valence-corrected chi connectivity index (χ0v) is 28.2. The van der Waals surface area contributed by atoms with Crippen molar-refractivity contribution < 1.29 is 4.42 Å². The van der Waals surface area contributed by atoms with E-state index in [1.54, 1.807) is 0 Å². The van der Waals surface area contributed by atoms with E-state index in [2.05, 4.69) is 130 Å². The molecule has 0 bridgehead atoms. The standard InChI is InChI=1S/C48H26N4O/c49-27-32-24-44(52-40-16-8-6-14-35(40)37-25-38-36-15-7-9-17-46(36)53-47(38)26-45(37)52)33(28-50)23-43(32)51-41-20-19-31(29-10-2-1-3-11-29)22-39(41)48-34-13-5-4-12-30(34)18-21-42(48)51/h1-26H. The van der Waals surface area contributed by atoms with E-state index in [0.29, 0.717) is 22.5 Å². The van der Waals surface area contributed by atoms with Crippen molar-refractivity contribution in [2.45, 2.75) is 0 Å². The van der Waals surface area contributed by atoms with Crippen molar-refractivity contribution in [1.29, 1.82) is 10.5 Å². The highest BCUT2D eigenvalue weighted by molar-refractivity contribution is 6.22. The van der Waals surface area contributed by atoms with Crippen LogP contribution in [0.2, 0.25) is 0 Å². The van der Waals surface area contributed by atoms with Crippen LogP contribution in [-0.2, 0) is 0 Å². The predicted octanol–water partition coefficient (Wildman–Crippen LogP) is 12.3. The molecule has 0 aliphatic rings. The second-order valence-electron chi connectivity index (χ2n) is 13.5. The largest absolute Gasteiger partial charge is 0.456 e. The van der Waals surface area contributed by atoms with Crippen LogP contribution in [-0.4, -0.2) is 9.13 Å². The van der Waals surface area contributed by atoms with Gasteiger partial charge in [0.05, 0.1) is 44.6 Å². The lowest BCUT2D eigenvalue weighted by Crippen LogP contribution is -2.04. The van der Waals surface area contributed by atoms with Gasteiger partial charge in [0.2, 0.25) is 0 Å². The van der Waals surface area contributed by atoms with Gasteiger partial charge in [0.1, 0.15) is 23.3 Å². The minimum Gasteiger partial charge on any atom is -0.456 e. The lowest BCUT2D eigenvalue weighted by Gasteiger charge is -2.15. The highest BCUT2D eigenvalue weighted by Gasteiger charge is 2.23. The summed E-state index contributed by atoms with van der Waals surface area (Å²) in [5.74, 6) is 0. The molecule has 0 spiro atoms.